The number of aromatic amines is 1. The van der Waals surface area contributed by atoms with Gasteiger partial charge in [0.1, 0.15) is 11.5 Å². The summed E-state index contributed by atoms with van der Waals surface area (Å²) < 4.78 is 0. The van der Waals surface area contributed by atoms with E-state index in [-0.39, 0.29) is 0 Å². The molecule has 4 rings (SSSR count). The molecule has 0 saturated carbocycles. The Kier molecular flexibility index (Phi) is 4.59. The predicted octanol–water partition coefficient (Wildman–Crippen LogP) is 3.32. The topological polar surface area (TPSA) is 70.6 Å². The molecular weight excluding hydrogens is 332 g/mol. The van der Waals surface area contributed by atoms with Crippen molar-refractivity contribution in [3.63, 3.8) is 0 Å². The van der Waals surface area contributed by atoms with Gasteiger partial charge < -0.3 is 4.98 Å². The van der Waals surface area contributed by atoms with Gasteiger partial charge in [-0.3, -0.25) is 4.90 Å². The summed E-state index contributed by atoms with van der Waals surface area (Å²) in [7, 11) is 0. The molecule has 1 aliphatic rings. The number of nitrogens with zero attached hydrogens (tertiary/aromatic N) is 5. The fourth-order valence-corrected chi connectivity index (χ4v) is 3.94. The number of hydrogen-bond donors (Lipinski definition) is 1. The summed E-state index contributed by atoms with van der Waals surface area (Å²) in [6.45, 7) is 7.04. The molecule has 0 aliphatic carbocycles. The van der Waals surface area contributed by atoms with E-state index in [1.807, 2.05) is 31.6 Å². The highest BCUT2D eigenvalue weighted by molar-refractivity contribution is 7.07. The Labute approximate surface area is 151 Å². The van der Waals surface area contributed by atoms with Crippen molar-refractivity contribution in [1.82, 2.24) is 29.8 Å². The van der Waals surface area contributed by atoms with E-state index in [0.29, 0.717) is 5.92 Å². The molecule has 4 heterocycles. The van der Waals surface area contributed by atoms with Crippen molar-refractivity contribution in [1.29, 1.82) is 0 Å². The molecule has 0 unspecified atom stereocenters. The van der Waals surface area contributed by atoms with Crippen LogP contribution in [0.2, 0.25) is 0 Å². The van der Waals surface area contributed by atoms with Crippen LogP contribution in [0.1, 0.15) is 41.7 Å². The summed E-state index contributed by atoms with van der Waals surface area (Å²) in [4.78, 5) is 24.1. The third kappa shape index (κ3) is 3.77. The normalized spacial score (nSPS) is 18.6. The minimum absolute atomic E-state index is 0.363. The molecule has 6 nitrogen and oxygen atoms in total. The number of piperidine rings is 1. The molecule has 1 aliphatic heterocycles. The van der Waals surface area contributed by atoms with Crippen LogP contribution in [0.3, 0.4) is 0 Å². The van der Waals surface area contributed by atoms with Crippen LogP contribution in [0.15, 0.2) is 23.2 Å². The maximum Gasteiger partial charge on any atom is 0.156 e. The second-order valence-corrected chi connectivity index (χ2v) is 7.44. The maximum atomic E-state index is 4.83. The number of H-pyrrole nitrogens is 1. The van der Waals surface area contributed by atoms with E-state index < -0.39 is 0 Å². The molecule has 0 amide bonds. The van der Waals surface area contributed by atoms with E-state index in [1.165, 1.54) is 6.42 Å². The highest BCUT2D eigenvalue weighted by atomic mass is 32.1. The fraction of sp³-hybridized carbons (Fsp3) is 0.444. The average Bonchev–Trinajstić information content (AvgIpc) is 3.26. The number of rotatable bonds is 4. The zero-order valence-corrected chi connectivity index (χ0v) is 15.4. The quantitative estimate of drug-likeness (QED) is 0.778. The Hall–Kier alpha value is -2.12. The van der Waals surface area contributed by atoms with Crippen LogP contribution in [-0.4, -0.2) is 42.9 Å². The molecule has 0 spiro atoms. The molecule has 1 saturated heterocycles. The van der Waals surface area contributed by atoms with Crippen LogP contribution in [0, 0.1) is 13.8 Å². The first-order valence-electron chi connectivity index (χ1n) is 8.64. The first kappa shape index (κ1) is 16.4. The molecule has 0 radical (unpaired) electrons. The SMILES string of the molecule is Cc1cc(-c2ncc(C)[nH]2)nc([C@@H]2CCCN(Cc3cscn3)C2)n1. The summed E-state index contributed by atoms with van der Waals surface area (Å²) in [6, 6.07) is 2.00. The van der Waals surface area contributed by atoms with Crippen molar-refractivity contribution in [2.75, 3.05) is 13.1 Å². The summed E-state index contributed by atoms with van der Waals surface area (Å²) in [5.74, 6) is 2.12. The van der Waals surface area contributed by atoms with Gasteiger partial charge in [-0.05, 0) is 39.3 Å². The Morgan fingerprint density at radius 3 is 2.96 bits per heavy atom. The number of nitrogens with one attached hydrogen (secondary N) is 1. The van der Waals surface area contributed by atoms with E-state index in [4.69, 9.17) is 9.97 Å². The van der Waals surface area contributed by atoms with E-state index in [0.717, 1.165) is 60.5 Å². The van der Waals surface area contributed by atoms with E-state index in [2.05, 4.69) is 25.2 Å². The molecule has 7 heteroatoms. The number of aryl methyl sites for hydroxylation is 2. The molecule has 1 fully saturated rings. The third-order valence-corrected chi connectivity index (χ3v) is 5.19. The highest BCUT2D eigenvalue weighted by Gasteiger charge is 2.24. The predicted molar refractivity (Wildman–Crippen MR) is 98.5 cm³/mol. The first-order valence-corrected chi connectivity index (χ1v) is 9.58. The van der Waals surface area contributed by atoms with Gasteiger partial charge in [-0.1, -0.05) is 0 Å². The van der Waals surface area contributed by atoms with Gasteiger partial charge in [0.05, 0.1) is 11.2 Å². The molecule has 3 aromatic heterocycles. The van der Waals surface area contributed by atoms with E-state index in [9.17, 15) is 0 Å². The molecular formula is C18H22N6S. The standard InChI is InChI=1S/C18H22N6S/c1-12-6-16(18-19-7-13(2)22-18)23-17(21-12)14-4-3-5-24(8-14)9-15-10-25-11-20-15/h6-7,10-11,14H,3-5,8-9H2,1-2H3,(H,19,22)/t14-/m1/s1. The van der Waals surface area contributed by atoms with Crippen molar-refractivity contribution >= 4 is 11.3 Å². The van der Waals surface area contributed by atoms with Crippen LogP contribution >= 0.6 is 11.3 Å². The fourth-order valence-electron chi connectivity index (χ4n) is 3.39. The van der Waals surface area contributed by atoms with Crippen LogP contribution in [-0.2, 0) is 6.54 Å². The Morgan fingerprint density at radius 1 is 1.28 bits per heavy atom. The minimum Gasteiger partial charge on any atom is -0.341 e. The third-order valence-electron chi connectivity index (χ3n) is 4.56. The Bertz CT molecular complexity index is 841. The Balaban J connectivity index is 1.55. The first-order chi connectivity index (χ1) is 12.2. The molecule has 1 N–H and O–H groups in total. The summed E-state index contributed by atoms with van der Waals surface area (Å²) in [6.07, 6.45) is 4.14. The zero-order valence-electron chi connectivity index (χ0n) is 14.6. The lowest BCUT2D eigenvalue weighted by Gasteiger charge is -2.31. The lowest BCUT2D eigenvalue weighted by Crippen LogP contribution is -2.34. The van der Waals surface area contributed by atoms with Gasteiger partial charge in [-0.2, -0.15) is 0 Å². The molecule has 0 bridgehead atoms. The van der Waals surface area contributed by atoms with Gasteiger partial charge in [0.15, 0.2) is 5.82 Å². The molecule has 1 atom stereocenters. The highest BCUT2D eigenvalue weighted by Crippen LogP contribution is 2.27. The number of likely N-dealkylation sites (tertiary alicyclic amines) is 1. The van der Waals surface area contributed by atoms with Gasteiger partial charge in [0.2, 0.25) is 0 Å². The lowest BCUT2D eigenvalue weighted by atomic mass is 9.96. The monoisotopic (exact) mass is 354 g/mol. The van der Waals surface area contributed by atoms with Crippen LogP contribution in [0.25, 0.3) is 11.5 Å². The summed E-state index contributed by atoms with van der Waals surface area (Å²) in [5, 5.41) is 2.13. The number of aromatic nitrogens is 5. The molecule has 25 heavy (non-hydrogen) atoms. The van der Waals surface area contributed by atoms with E-state index in [1.54, 1.807) is 11.3 Å². The van der Waals surface area contributed by atoms with Crippen LogP contribution in [0.5, 0.6) is 0 Å². The number of imidazole rings is 1. The molecule has 0 aromatic carbocycles. The summed E-state index contributed by atoms with van der Waals surface area (Å²) in [5.41, 5.74) is 5.97. The average molecular weight is 354 g/mol. The van der Waals surface area contributed by atoms with Crippen molar-refractivity contribution in [3.05, 3.63) is 46.1 Å². The molecule has 130 valence electrons. The maximum absolute atomic E-state index is 4.83. The van der Waals surface area contributed by atoms with Gasteiger partial charge in [-0.15, -0.1) is 11.3 Å². The van der Waals surface area contributed by atoms with E-state index >= 15 is 0 Å². The van der Waals surface area contributed by atoms with Gasteiger partial charge in [0, 0.05) is 42.0 Å². The van der Waals surface area contributed by atoms with Gasteiger partial charge in [-0.25, -0.2) is 19.9 Å². The minimum atomic E-state index is 0.363. The largest absolute Gasteiger partial charge is 0.341 e. The van der Waals surface area contributed by atoms with Crippen molar-refractivity contribution in [2.24, 2.45) is 0 Å². The summed E-state index contributed by atoms with van der Waals surface area (Å²) >= 11 is 1.66. The number of hydrogen-bond acceptors (Lipinski definition) is 6. The van der Waals surface area contributed by atoms with Crippen molar-refractivity contribution in [3.8, 4) is 11.5 Å². The second-order valence-electron chi connectivity index (χ2n) is 6.72. The van der Waals surface area contributed by atoms with Crippen molar-refractivity contribution in [2.45, 2.75) is 39.2 Å². The van der Waals surface area contributed by atoms with Crippen molar-refractivity contribution < 1.29 is 0 Å². The Morgan fingerprint density at radius 2 is 2.20 bits per heavy atom. The smallest absolute Gasteiger partial charge is 0.156 e. The van der Waals surface area contributed by atoms with Gasteiger partial charge >= 0.3 is 0 Å². The van der Waals surface area contributed by atoms with Gasteiger partial charge in [0.25, 0.3) is 0 Å². The molecule has 3 aromatic rings. The second kappa shape index (κ2) is 7.01. The van der Waals surface area contributed by atoms with Crippen LogP contribution in [0.4, 0.5) is 0 Å². The zero-order chi connectivity index (χ0) is 17.2. The van der Waals surface area contributed by atoms with Crippen LogP contribution < -0.4 is 0 Å². The number of thiazole rings is 1. The lowest BCUT2D eigenvalue weighted by molar-refractivity contribution is 0.195.